The number of rotatable bonds is 19. The predicted molar refractivity (Wildman–Crippen MR) is 194 cm³/mol. The zero-order chi connectivity index (χ0) is 36.5. The third kappa shape index (κ3) is 7.97. The Morgan fingerprint density at radius 1 is 1.04 bits per heavy atom. The molecule has 274 valence electrons. The van der Waals surface area contributed by atoms with Crippen molar-refractivity contribution in [2.24, 2.45) is 11.8 Å². The molecule has 0 aliphatic carbocycles. The van der Waals surface area contributed by atoms with E-state index >= 15 is 0 Å². The van der Waals surface area contributed by atoms with E-state index in [0.29, 0.717) is 45.2 Å². The molecule has 2 aromatic rings. The van der Waals surface area contributed by atoms with Gasteiger partial charge in [-0.15, -0.1) is 13.2 Å². The van der Waals surface area contributed by atoms with Gasteiger partial charge in [0.15, 0.2) is 0 Å². The molecule has 0 saturated carbocycles. The Bertz CT molecular complexity index is 1530. The summed E-state index contributed by atoms with van der Waals surface area (Å²) in [5.74, 6) is -2.92. The van der Waals surface area contributed by atoms with E-state index in [-0.39, 0.29) is 37.3 Å². The highest BCUT2D eigenvalue weighted by Gasteiger charge is 2.75. The molecule has 3 aliphatic heterocycles. The van der Waals surface area contributed by atoms with Crippen LogP contribution in [0.5, 0.6) is 0 Å². The highest BCUT2D eigenvalue weighted by molar-refractivity contribution is 5.98. The number of carbonyl (C=O) groups excluding carboxylic acids is 4. The first kappa shape index (κ1) is 38.0. The zero-order valence-electron chi connectivity index (χ0n) is 30.0. The number of esters is 1. The number of aliphatic hydroxyl groups is 1. The van der Waals surface area contributed by atoms with Crippen LogP contribution in [0, 0.1) is 11.8 Å². The van der Waals surface area contributed by atoms with Gasteiger partial charge < -0.3 is 29.3 Å². The molecule has 7 atom stereocenters. The van der Waals surface area contributed by atoms with Crippen LogP contribution in [0.25, 0.3) is 0 Å². The summed E-state index contributed by atoms with van der Waals surface area (Å²) < 4.78 is 13.1. The predicted octanol–water partition coefficient (Wildman–Crippen LogP) is 5.23. The van der Waals surface area contributed by atoms with Gasteiger partial charge in [0.2, 0.25) is 17.7 Å². The third-order valence-electron chi connectivity index (χ3n) is 10.9. The fourth-order valence-electron chi connectivity index (χ4n) is 8.18. The summed E-state index contributed by atoms with van der Waals surface area (Å²) in [6.45, 7) is 10.5. The van der Waals surface area contributed by atoms with E-state index in [1.54, 1.807) is 33.9 Å². The molecule has 0 radical (unpaired) electrons. The average Bonchev–Trinajstić information content (AvgIpc) is 3.79. The smallest absolute Gasteiger partial charge is 0.313 e. The molecule has 2 aromatic carbocycles. The van der Waals surface area contributed by atoms with Crippen molar-refractivity contribution in [3.8, 4) is 0 Å². The van der Waals surface area contributed by atoms with Crippen LogP contribution in [0.2, 0.25) is 0 Å². The third-order valence-corrected chi connectivity index (χ3v) is 10.9. The van der Waals surface area contributed by atoms with Gasteiger partial charge in [0.05, 0.1) is 24.0 Å². The van der Waals surface area contributed by atoms with E-state index in [1.165, 1.54) is 0 Å². The number of carbonyl (C=O) groups is 4. The molecular formula is C41H53N3O7. The number of fused-ring (bicyclic) bond motifs is 1. The van der Waals surface area contributed by atoms with Crippen molar-refractivity contribution in [1.29, 1.82) is 0 Å². The second kappa shape index (κ2) is 17.3. The normalized spacial score (nSPS) is 24.5. The Labute approximate surface area is 302 Å². The van der Waals surface area contributed by atoms with Crippen LogP contribution >= 0.6 is 0 Å². The van der Waals surface area contributed by atoms with Gasteiger partial charge in [0.25, 0.3) is 0 Å². The molecule has 3 saturated heterocycles. The van der Waals surface area contributed by atoms with Crippen LogP contribution in [0.3, 0.4) is 0 Å². The average molecular weight is 700 g/mol. The minimum Gasteiger partial charge on any atom is -0.455 e. The van der Waals surface area contributed by atoms with E-state index in [0.717, 1.165) is 24.0 Å². The lowest BCUT2D eigenvalue weighted by Gasteiger charge is -2.37. The van der Waals surface area contributed by atoms with Gasteiger partial charge in [0.1, 0.15) is 17.7 Å². The molecule has 2 bridgehead atoms. The second-order valence-electron chi connectivity index (χ2n) is 14.1. The Hall–Kier alpha value is -4.28. The van der Waals surface area contributed by atoms with E-state index in [4.69, 9.17) is 9.47 Å². The summed E-state index contributed by atoms with van der Waals surface area (Å²) in [7, 11) is 1.70. The van der Waals surface area contributed by atoms with E-state index in [9.17, 15) is 24.3 Å². The molecular weight excluding hydrogens is 646 g/mol. The molecule has 1 spiro atoms. The minimum atomic E-state index is -1.17. The highest BCUT2D eigenvalue weighted by atomic mass is 16.6. The van der Waals surface area contributed by atoms with E-state index in [1.807, 2.05) is 67.6 Å². The van der Waals surface area contributed by atoms with Gasteiger partial charge in [-0.2, -0.15) is 0 Å². The summed E-state index contributed by atoms with van der Waals surface area (Å²) in [6, 6.07) is 17.6. The number of allylic oxidation sites excluding steroid dienone is 1. The fraction of sp³-hybridized carbons (Fsp3) is 0.512. The van der Waals surface area contributed by atoms with Crippen molar-refractivity contribution >= 4 is 23.7 Å². The number of likely N-dealkylation sites (N-methyl/N-ethyl adjacent to an activating group) is 1. The Morgan fingerprint density at radius 3 is 2.39 bits per heavy atom. The molecule has 3 amide bonds. The number of benzene rings is 2. The molecule has 3 aliphatic rings. The first-order valence-electron chi connectivity index (χ1n) is 18.3. The van der Waals surface area contributed by atoms with Gasteiger partial charge >= 0.3 is 5.97 Å². The van der Waals surface area contributed by atoms with Crippen molar-refractivity contribution in [1.82, 2.24) is 14.7 Å². The van der Waals surface area contributed by atoms with Crippen LogP contribution in [0.1, 0.15) is 75.5 Å². The monoisotopic (exact) mass is 699 g/mol. The number of aliphatic hydroxyl groups excluding tert-OH is 1. The van der Waals surface area contributed by atoms with Gasteiger partial charge in [-0.3, -0.25) is 19.2 Å². The Balaban J connectivity index is 1.45. The summed E-state index contributed by atoms with van der Waals surface area (Å²) in [5, 5.41) is 9.28. The molecule has 0 unspecified atom stereocenters. The lowest BCUT2D eigenvalue weighted by molar-refractivity contribution is -0.164. The van der Waals surface area contributed by atoms with E-state index < -0.39 is 47.7 Å². The molecule has 3 fully saturated rings. The topological polar surface area (TPSA) is 117 Å². The highest BCUT2D eigenvalue weighted by Crippen LogP contribution is 2.59. The summed E-state index contributed by atoms with van der Waals surface area (Å²) in [5.41, 5.74) is 0.514. The first-order valence-corrected chi connectivity index (χ1v) is 18.3. The van der Waals surface area contributed by atoms with Crippen molar-refractivity contribution in [3.63, 3.8) is 0 Å². The largest absolute Gasteiger partial charge is 0.455 e. The Morgan fingerprint density at radius 2 is 1.73 bits per heavy atom. The maximum absolute atomic E-state index is 14.7. The lowest BCUT2D eigenvalue weighted by atomic mass is 9.70. The number of hydrogen-bond donors (Lipinski definition) is 1. The number of likely N-dealkylation sites (tertiary alicyclic amines) is 1. The number of hydrogen-bond acceptors (Lipinski definition) is 7. The number of ether oxygens (including phenoxy) is 2. The molecule has 5 rings (SSSR count). The minimum absolute atomic E-state index is 0.0943. The van der Waals surface area contributed by atoms with Crippen molar-refractivity contribution in [2.75, 3.05) is 26.7 Å². The maximum Gasteiger partial charge on any atom is 0.313 e. The number of amides is 3. The van der Waals surface area contributed by atoms with Crippen LogP contribution in [-0.2, 0) is 35.2 Å². The summed E-state index contributed by atoms with van der Waals surface area (Å²) in [6.07, 6.45) is 6.73. The van der Waals surface area contributed by atoms with Crippen molar-refractivity contribution in [3.05, 3.63) is 97.1 Å². The molecule has 0 aromatic heterocycles. The SMILES string of the molecule is C=CCCC(=O)N(C)[C@@H](C)[C@@H](OC(=O)[C@@H]1[C@H]2C(=O)N(CCCCCCO)[C@H](C(=O)N(CC=C)Cc3ccccc3)[C@]23CC[C@H]1O3)c1ccccc1. The first-order chi connectivity index (χ1) is 24.7. The lowest BCUT2D eigenvalue weighted by Crippen LogP contribution is -2.56. The van der Waals surface area contributed by atoms with Gasteiger partial charge in [-0.1, -0.05) is 85.7 Å². The zero-order valence-corrected chi connectivity index (χ0v) is 30.0. The standard InChI is InChI=1S/C41H53N3O7/c1-5-7-22-33(46)42(4)29(3)36(31-20-14-11-15-21-31)50-40(49)34-32-23-24-41(51-32)35(34)38(47)44(26-16-8-9-17-27-45)37(41)39(48)43(25-6-2)28-30-18-12-10-13-19-30/h5-6,10-15,18-21,29,32,34-37,45H,1-2,7-9,16-17,22-28H2,3-4H3/t29-,32+,34-,35-,36+,37+,41-/m0/s1. The fourth-order valence-corrected chi connectivity index (χ4v) is 8.18. The van der Waals surface area contributed by atoms with Gasteiger partial charge in [0, 0.05) is 39.7 Å². The summed E-state index contributed by atoms with van der Waals surface area (Å²) >= 11 is 0. The Kier molecular flexibility index (Phi) is 12.9. The number of unbranched alkanes of at least 4 members (excludes halogenated alkanes) is 3. The van der Waals surface area contributed by atoms with Crippen molar-refractivity contribution in [2.45, 2.75) is 94.7 Å². The number of nitrogens with zero attached hydrogens (tertiary/aromatic N) is 3. The van der Waals surface area contributed by atoms with Crippen LogP contribution in [-0.4, -0.2) is 94.0 Å². The second-order valence-corrected chi connectivity index (χ2v) is 14.1. The van der Waals surface area contributed by atoms with Crippen molar-refractivity contribution < 1.29 is 33.8 Å². The molecule has 51 heavy (non-hydrogen) atoms. The van der Waals surface area contributed by atoms with Gasteiger partial charge in [-0.05, 0) is 50.2 Å². The van der Waals surface area contributed by atoms with E-state index in [2.05, 4.69) is 13.2 Å². The maximum atomic E-state index is 14.7. The van der Waals surface area contributed by atoms with Crippen LogP contribution < -0.4 is 0 Å². The van der Waals surface area contributed by atoms with Crippen LogP contribution in [0.4, 0.5) is 0 Å². The quantitative estimate of drug-likeness (QED) is 0.121. The molecule has 3 heterocycles. The molecule has 1 N–H and O–H groups in total. The van der Waals surface area contributed by atoms with Gasteiger partial charge in [-0.25, -0.2) is 0 Å². The van der Waals surface area contributed by atoms with Crippen LogP contribution in [0.15, 0.2) is 86.0 Å². The summed E-state index contributed by atoms with van der Waals surface area (Å²) in [4.78, 5) is 61.7. The molecule has 10 nitrogen and oxygen atoms in total. The molecule has 10 heteroatoms.